The maximum absolute atomic E-state index is 11.6. The van der Waals surface area contributed by atoms with E-state index in [0.717, 1.165) is 18.9 Å². The summed E-state index contributed by atoms with van der Waals surface area (Å²) in [5, 5.41) is 14.0. The van der Waals surface area contributed by atoms with Gasteiger partial charge in [-0.05, 0) is 45.5 Å². The standard InChI is InChI=1S/C14H23N5O/c1-3-15-14(20)12-7-8-13(18-17-12)16-10-11-6-4-5-9-19(11)2/h7-8,11H,3-6,9-10H2,1-2H3,(H,15,20)(H,16,18). The second-order valence-electron chi connectivity index (χ2n) is 5.17. The highest BCUT2D eigenvalue weighted by molar-refractivity contribution is 5.92. The van der Waals surface area contributed by atoms with Crippen molar-refractivity contribution >= 4 is 11.7 Å². The summed E-state index contributed by atoms with van der Waals surface area (Å²) in [6.45, 7) is 4.50. The summed E-state index contributed by atoms with van der Waals surface area (Å²) in [6.07, 6.45) is 3.79. The lowest BCUT2D eigenvalue weighted by Crippen LogP contribution is -2.40. The van der Waals surface area contributed by atoms with Gasteiger partial charge in [0.1, 0.15) is 5.82 Å². The van der Waals surface area contributed by atoms with E-state index in [2.05, 4.69) is 32.8 Å². The van der Waals surface area contributed by atoms with Gasteiger partial charge in [-0.25, -0.2) is 0 Å². The second kappa shape index (κ2) is 7.19. The molecule has 0 bridgehead atoms. The first-order chi connectivity index (χ1) is 9.70. The third-order valence-corrected chi connectivity index (χ3v) is 3.67. The lowest BCUT2D eigenvalue weighted by molar-refractivity contribution is 0.0950. The van der Waals surface area contributed by atoms with Crippen molar-refractivity contribution in [2.24, 2.45) is 0 Å². The topological polar surface area (TPSA) is 70.2 Å². The monoisotopic (exact) mass is 277 g/mol. The average Bonchev–Trinajstić information content (AvgIpc) is 2.47. The minimum atomic E-state index is -0.182. The normalized spacial score (nSPS) is 19.6. The van der Waals surface area contributed by atoms with Gasteiger partial charge in [0.2, 0.25) is 0 Å². The van der Waals surface area contributed by atoms with E-state index >= 15 is 0 Å². The number of nitrogens with zero attached hydrogens (tertiary/aromatic N) is 3. The van der Waals surface area contributed by atoms with Crippen LogP contribution in [0.5, 0.6) is 0 Å². The van der Waals surface area contributed by atoms with Crippen LogP contribution < -0.4 is 10.6 Å². The van der Waals surface area contributed by atoms with Crippen LogP contribution in [-0.4, -0.2) is 53.7 Å². The van der Waals surface area contributed by atoms with Crippen LogP contribution in [0.15, 0.2) is 12.1 Å². The van der Waals surface area contributed by atoms with Crippen molar-refractivity contribution in [2.45, 2.75) is 32.2 Å². The predicted octanol–water partition coefficient (Wildman–Crippen LogP) is 1.12. The van der Waals surface area contributed by atoms with Crippen molar-refractivity contribution in [3.63, 3.8) is 0 Å². The van der Waals surface area contributed by atoms with Crippen molar-refractivity contribution in [3.05, 3.63) is 17.8 Å². The number of hydrogen-bond acceptors (Lipinski definition) is 5. The van der Waals surface area contributed by atoms with Gasteiger partial charge in [0.15, 0.2) is 5.69 Å². The lowest BCUT2D eigenvalue weighted by Gasteiger charge is -2.32. The van der Waals surface area contributed by atoms with Crippen LogP contribution >= 0.6 is 0 Å². The maximum atomic E-state index is 11.6. The van der Waals surface area contributed by atoms with Gasteiger partial charge >= 0.3 is 0 Å². The van der Waals surface area contributed by atoms with E-state index in [4.69, 9.17) is 0 Å². The van der Waals surface area contributed by atoms with E-state index in [9.17, 15) is 4.79 Å². The molecule has 0 radical (unpaired) electrons. The fraction of sp³-hybridized carbons (Fsp3) is 0.643. The zero-order chi connectivity index (χ0) is 14.4. The Kier molecular flexibility index (Phi) is 5.29. The number of likely N-dealkylation sites (tertiary alicyclic amines) is 1. The number of anilines is 1. The van der Waals surface area contributed by atoms with E-state index in [1.165, 1.54) is 19.3 Å². The molecule has 6 heteroatoms. The molecule has 1 aliphatic rings. The van der Waals surface area contributed by atoms with Gasteiger partial charge in [0.05, 0.1) is 0 Å². The van der Waals surface area contributed by atoms with Crippen molar-refractivity contribution in [2.75, 3.05) is 32.0 Å². The highest BCUT2D eigenvalue weighted by Crippen LogP contribution is 2.15. The molecule has 20 heavy (non-hydrogen) atoms. The summed E-state index contributed by atoms with van der Waals surface area (Å²) in [7, 11) is 2.16. The van der Waals surface area contributed by atoms with Crippen LogP contribution in [-0.2, 0) is 0 Å². The smallest absolute Gasteiger partial charge is 0.271 e. The van der Waals surface area contributed by atoms with E-state index in [1.807, 2.05) is 6.92 Å². The fourth-order valence-electron chi connectivity index (χ4n) is 2.42. The first-order valence-corrected chi connectivity index (χ1v) is 7.26. The number of piperidine rings is 1. The zero-order valence-electron chi connectivity index (χ0n) is 12.2. The molecule has 2 rings (SSSR count). The summed E-state index contributed by atoms with van der Waals surface area (Å²) >= 11 is 0. The number of rotatable bonds is 5. The molecule has 1 aromatic rings. The summed E-state index contributed by atoms with van der Waals surface area (Å²) in [5.41, 5.74) is 0.354. The zero-order valence-corrected chi connectivity index (χ0v) is 12.2. The third kappa shape index (κ3) is 3.90. The van der Waals surface area contributed by atoms with Crippen molar-refractivity contribution < 1.29 is 4.79 Å². The van der Waals surface area contributed by atoms with Crippen molar-refractivity contribution in [1.29, 1.82) is 0 Å². The molecule has 2 heterocycles. The van der Waals surface area contributed by atoms with Crippen LogP contribution in [0.1, 0.15) is 36.7 Å². The minimum absolute atomic E-state index is 0.182. The van der Waals surface area contributed by atoms with E-state index in [0.29, 0.717) is 18.3 Å². The Hall–Kier alpha value is -1.69. The molecular formula is C14H23N5O. The molecule has 1 aromatic heterocycles. The molecule has 0 aliphatic carbocycles. The second-order valence-corrected chi connectivity index (χ2v) is 5.17. The first kappa shape index (κ1) is 14.7. The molecule has 1 saturated heterocycles. The molecule has 0 aromatic carbocycles. The van der Waals surface area contributed by atoms with Crippen LogP contribution in [0, 0.1) is 0 Å². The minimum Gasteiger partial charge on any atom is -0.367 e. The van der Waals surface area contributed by atoms with Crippen molar-refractivity contribution in [1.82, 2.24) is 20.4 Å². The van der Waals surface area contributed by atoms with Gasteiger partial charge in [-0.2, -0.15) is 0 Å². The molecule has 1 unspecified atom stereocenters. The number of aromatic nitrogens is 2. The third-order valence-electron chi connectivity index (χ3n) is 3.67. The quantitative estimate of drug-likeness (QED) is 0.844. The molecule has 1 atom stereocenters. The molecule has 6 nitrogen and oxygen atoms in total. The lowest BCUT2D eigenvalue weighted by atomic mass is 10.0. The number of likely N-dealkylation sites (N-methyl/N-ethyl adjacent to an activating group) is 1. The molecule has 1 fully saturated rings. The number of carbonyl (C=O) groups is 1. The SMILES string of the molecule is CCNC(=O)c1ccc(NCC2CCCCN2C)nn1. The van der Waals surface area contributed by atoms with Crippen molar-refractivity contribution in [3.8, 4) is 0 Å². The van der Waals surface area contributed by atoms with Crippen LogP contribution in [0.25, 0.3) is 0 Å². The van der Waals surface area contributed by atoms with Gasteiger partial charge in [-0.3, -0.25) is 4.79 Å². The Labute approximate surface area is 120 Å². The Morgan fingerprint density at radius 2 is 2.25 bits per heavy atom. The van der Waals surface area contributed by atoms with Gasteiger partial charge in [0.25, 0.3) is 5.91 Å². The summed E-state index contributed by atoms with van der Waals surface area (Å²) in [5.74, 6) is 0.538. The van der Waals surface area contributed by atoms with Crippen LogP contribution in [0.3, 0.4) is 0 Å². The first-order valence-electron chi connectivity index (χ1n) is 7.26. The van der Waals surface area contributed by atoms with Gasteiger partial charge in [0, 0.05) is 19.1 Å². The summed E-state index contributed by atoms with van der Waals surface area (Å²) in [4.78, 5) is 13.9. The Morgan fingerprint density at radius 1 is 1.40 bits per heavy atom. The van der Waals surface area contributed by atoms with E-state index < -0.39 is 0 Å². The van der Waals surface area contributed by atoms with E-state index in [1.54, 1.807) is 12.1 Å². The number of amides is 1. The Balaban J connectivity index is 1.85. The van der Waals surface area contributed by atoms with Gasteiger partial charge < -0.3 is 15.5 Å². The number of nitrogens with one attached hydrogen (secondary N) is 2. The summed E-state index contributed by atoms with van der Waals surface area (Å²) < 4.78 is 0. The largest absolute Gasteiger partial charge is 0.367 e. The van der Waals surface area contributed by atoms with Gasteiger partial charge in [-0.1, -0.05) is 6.42 Å². The predicted molar refractivity (Wildman–Crippen MR) is 78.8 cm³/mol. The highest BCUT2D eigenvalue weighted by Gasteiger charge is 2.18. The molecule has 0 spiro atoms. The molecule has 1 aliphatic heterocycles. The molecule has 0 saturated carbocycles. The Bertz CT molecular complexity index is 434. The molecule has 110 valence electrons. The fourth-order valence-corrected chi connectivity index (χ4v) is 2.42. The Morgan fingerprint density at radius 3 is 2.90 bits per heavy atom. The van der Waals surface area contributed by atoms with Crippen LogP contribution in [0.4, 0.5) is 5.82 Å². The molecule has 1 amide bonds. The number of hydrogen-bond donors (Lipinski definition) is 2. The maximum Gasteiger partial charge on any atom is 0.271 e. The molecule has 2 N–H and O–H groups in total. The number of carbonyl (C=O) groups excluding carboxylic acids is 1. The van der Waals surface area contributed by atoms with Gasteiger partial charge in [-0.15, -0.1) is 10.2 Å². The van der Waals surface area contributed by atoms with E-state index in [-0.39, 0.29) is 5.91 Å². The summed E-state index contributed by atoms with van der Waals surface area (Å²) in [6, 6.07) is 4.05. The van der Waals surface area contributed by atoms with Crippen LogP contribution in [0.2, 0.25) is 0 Å². The highest BCUT2D eigenvalue weighted by atomic mass is 16.1. The average molecular weight is 277 g/mol. The molecular weight excluding hydrogens is 254 g/mol.